The van der Waals surface area contributed by atoms with E-state index in [2.05, 4.69) is 140 Å². The lowest BCUT2D eigenvalue weighted by Crippen LogP contribution is -2.39. The Bertz CT molecular complexity index is 1720. The van der Waals surface area contributed by atoms with Gasteiger partial charge in [0.05, 0.1) is 0 Å². The zero-order valence-electron chi connectivity index (χ0n) is 22.5. The van der Waals surface area contributed by atoms with Crippen LogP contribution in [0.4, 0.5) is 13.2 Å². The molecule has 0 atom stereocenters. The van der Waals surface area contributed by atoms with E-state index in [0.29, 0.717) is 0 Å². The summed E-state index contributed by atoms with van der Waals surface area (Å²) in [6, 6.07) is 43.6. The van der Waals surface area contributed by atoms with Crippen LogP contribution in [0.15, 0.2) is 121 Å². The SMILES string of the molecule is Cc1ccc(C)c(-c2cc(-c3ccccc3)cc(-c3ccccc3)[n+]2Cc2ccccc2)c1.O=S(=O)([O-])C(F)(F)F. The van der Waals surface area contributed by atoms with Gasteiger partial charge in [-0.15, -0.1) is 0 Å². The van der Waals surface area contributed by atoms with Crippen LogP contribution in [0.25, 0.3) is 33.6 Å². The van der Waals surface area contributed by atoms with Gasteiger partial charge >= 0.3 is 5.51 Å². The molecular formula is C33H28F3NO3S. The number of benzene rings is 4. The molecule has 0 unspecified atom stereocenters. The van der Waals surface area contributed by atoms with E-state index in [1.165, 1.54) is 50.3 Å². The minimum Gasteiger partial charge on any atom is -0.741 e. The van der Waals surface area contributed by atoms with Crippen molar-refractivity contribution >= 4 is 10.1 Å². The number of alkyl halides is 3. The van der Waals surface area contributed by atoms with Crippen molar-refractivity contribution in [1.29, 1.82) is 0 Å². The van der Waals surface area contributed by atoms with E-state index in [1.54, 1.807) is 0 Å². The Kier molecular flexibility index (Phi) is 9.05. The van der Waals surface area contributed by atoms with Crippen LogP contribution in [-0.4, -0.2) is 18.5 Å². The first-order valence-electron chi connectivity index (χ1n) is 12.8. The quantitative estimate of drug-likeness (QED) is 0.123. The van der Waals surface area contributed by atoms with Crippen LogP contribution in [0.5, 0.6) is 0 Å². The molecule has 0 fully saturated rings. The summed E-state index contributed by atoms with van der Waals surface area (Å²) in [4.78, 5) is 0. The molecule has 41 heavy (non-hydrogen) atoms. The third-order valence-electron chi connectivity index (χ3n) is 6.48. The topological polar surface area (TPSA) is 61.1 Å². The van der Waals surface area contributed by atoms with Crippen molar-refractivity contribution in [2.75, 3.05) is 0 Å². The van der Waals surface area contributed by atoms with Crippen LogP contribution in [0.2, 0.25) is 0 Å². The molecule has 1 heterocycles. The monoisotopic (exact) mass is 575 g/mol. The summed E-state index contributed by atoms with van der Waals surface area (Å²) in [5, 5.41) is 0. The molecule has 0 saturated heterocycles. The molecule has 0 aliphatic carbocycles. The summed E-state index contributed by atoms with van der Waals surface area (Å²) < 4.78 is 61.4. The number of hydrogen-bond acceptors (Lipinski definition) is 3. The summed E-state index contributed by atoms with van der Waals surface area (Å²) in [7, 11) is -6.09. The van der Waals surface area contributed by atoms with Crippen molar-refractivity contribution in [3.05, 3.63) is 138 Å². The average molecular weight is 576 g/mol. The summed E-state index contributed by atoms with van der Waals surface area (Å²) in [5.74, 6) is 0. The molecule has 0 saturated carbocycles. The summed E-state index contributed by atoms with van der Waals surface area (Å²) >= 11 is 0. The molecule has 1 aromatic heterocycles. The van der Waals surface area contributed by atoms with Crippen molar-refractivity contribution in [2.45, 2.75) is 25.9 Å². The third-order valence-corrected chi connectivity index (χ3v) is 7.05. The number of hydrogen-bond donors (Lipinski definition) is 0. The molecule has 0 aliphatic rings. The van der Waals surface area contributed by atoms with Gasteiger partial charge in [-0.3, -0.25) is 0 Å². The minimum atomic E-state index is -6.09. The van der Waals surface area contributed by atoms with E-state index >= 15 is 0 Å². The Labute approximate surface area is 238 Å². The second kappa shape index (κ2) is 12.5. The number of pyridine rings is 1. The van der Waals surface area contributed by atoms with Crippen LogP contribution >= 0.6 is 0 Å². The molecule has 0 radical (unpaired) electrons. The number of halogens is 3. The molecule has 0 aliphatic heterocycles. The first-order chi connectivity index (χ1) is 19.4. The largest absolute Gasteiger partial charge is 0.741 e. The van der Waals surface area contributed by atoms with Crippen molar-refractivity contribution < 1.29 is 30.7 Å². The predicted octanol–water partition coefficient (Wildman–Crippen LogP) is 7.69. The fraction of sp³-hybridized carbons (Fsp3) is 0.121. The van der Waals surface area contributed by atoms with Crippen LogP contribution in [0.3, 0.4) is 0 Å². The van der Waals surface area contributed by atoms with E-state index in [1.807, 2.05) is 0 Å². The molecule has 0 bridgehead atoms. The van der Waals surface area contributed by atoms with E-state index < -0.39 is 15.6 Å². The Morgan fingerprint density at radius 1 is 0.659 bits per heavy atom. The molecular weight excluding hydrogens is 547 g/mol. The summed E-state index contributed by atoms with van der Waals surface area (Å²) in [5.41, 5.74) is 5.62. The first kappa shape index (κ1) is 29.7. The third kappa shape index (κ3) is 7.48. The second-order valence-electron chi connectivity index (χ2n) is 9.54. The highest BCUT2D eigenvalue weighted by atomic mass is 32.2. The highest BCUT2D eigenvalue weighted by Gasteiger charge is 2.37. The summed E-state index contributed by atoms with van der Waals surface area (Å²) in [6.07, 6.45) is 0. The van der Waals surface area contributed by atoms with E-state index in [-0.39, 0.29) is 0 Å². The minimum absolute atomic E-state index is 0.808. The molecule has 0 N–H and O–H groups in total. The molecule has 8 heteroatoms. The van der Waals surface area contributed by atoms with Crippen molar-refractivity contribution in [3.63, 3.8) is 0 Å². The van der Waals surface area contributed by atoms with Gasteiger partial charge in [-0.25, -0.2) is 8.42 Å². The van der Waals surface area contributed by atoms with Gasteiger partial charge in [0.15, 0.2) is 16.7 Å². The van der Waals surface area contributed by atoms with E-state index in [0.717, 1.165) is 6.54 Å². The lowest BCUT2D eigenvalue weighted by Gasteiger charge is -2.14. The van der Waals surface area contributed by atoms with Gasteiger partial charge in [-0.2, -0.15) is 17.7 Å². The highest BCUT2D eigenvalue weighted by molar-refractivity contribution is 7.86. The molecule has 5 rings (SSSR count). The fourth-order valence-corrected chi connectivity index (χ4v) is 4.44. The number of aryl methyl sites for hydroxylation is 2. The molecule has 4 nitrogen and oxygen atoms in total. The molecule has 0 amide bonds. The van der Waals surface area contributed by atoms with Crippen molar-refractivity contribution in [3.8, 4) is 33.6 Å². The van der Waals surface area contributed by atoms with Gasteiger partial charge in [0.2, 0.25) is 11.4 Å². The zero-order chi connectivity index (χ0) is 29.6. The van der Waals surface area contributed by atoms with Crippen molar-refractivity contribution in [2.24, 2.45) is 0 Å². The van der Waals surface area contributed by atoms with Gasteiger partial charge in [0.25, 0.3) is 0 Å². The smallest absolute Gasteiger partial charge is 0.485 e. The lowest BCUT2D eigenvalue weighted by molar-refractivity contribution is -0.666. The molecule has 210 valence electrons. The fourth-order valence-electron chi connectivity index (χ4n) is 4.44. The average Bonchev–Trinajstić information content (AvgIpc) is 2.95. The van der Waals surface area contributed by atoms with Crippen LogP contribution in [-0.2, 0) is 16.7 Å². The Morgan fingerprint density at radius 3 is 1.68 bits per heavy atom. The van der Waals surface area contributed by atoms with E-state index in [4.69, 9.17) is 13.0 Å². The highest BCUT2D eigenvalue weighted by Crippen LogP contribution is 2.31. The van der Waals surface area contributed by atoms with Crippen LogP contribution in [0, 0.1) is 13.8 Å². The number of aromatic nitrogens is 1. The molecule has 4 aromatic carbocycles. The van der Waals surface area contributed by atoms with Gasteiger partial charge in [-0.05, 0) is 48.7 Å². The second-order valence-corrected chi connectivity index (χ2v) is 10.9. The maximum atomic E-state index is 10.7. The predicted molar refractivity (Wildman–Crippen MR) is 154 cm³/mol. The zero-order valence-corrected chi connectivity index (χ0v) is 23.3. The van der Waals surface area contributed by atoms with Gasteiger partial charge in [0.1, 0.15) is 0 Å². The van der Waals surface area contributed by atoms with Gasteiger partial charge in [0, 0.05) is 28.8 Å². The molecule has 5 aromatic rings. The summed E-state index contributed by atoms with van der Waals surface area (Å²) in [6.45, 7) is 5.19. The van der Waals surface area contributed by atoms with Crippen LogP contribution < -0.4 is 4.57 Å². The molecule has 0 spiro atoms. The van der Waals surface area contributed by atoms with Crippen LogP contribution in [0.1, 0.15) is 16.7 Å². The Balaban J connectivity index is 0.000000426. The first-order valence-corrected chi connectivity index (χ1v) is 14.2. The Morgan fingerprint density at radius 2 is 1.15 bits per heavy atom. The number of nitrogens with zero attached hydrogens (tertiary/aromatic N) is 1. The maximum absolute atomic E-state index is 10.7. The van der Waals surface area contributed by atoms with Gasteiger partial charge < -0.3 is 4.55 Å². The standard InChI is InChI=1S/C32H28N.CHF3O3S/c1-24-18-19-25(2)30(20-24)32-22-29(27-14-8-4-9-15-27)21-31(28-16-10-5-11-17-28)33(32)23-26-12-6-3-7-13-26;2-1(3,4)8(5,6)7/h3-22H,23H2,1-2H3;(H,5,6,7)/q+1;/p-1. The van der Waals surface area contributed by atoms with Gasteiger partial charge in [-0.1, -0.05) is 96.6 Å². The maximum Gasteiger partial charge on any atom is 0.485 e. The number of rotatable bonds is 5. The van der Waals surface area contributed by atoms with Crippen molar-refractivity contribution in [1.82, 2.24) is 0 Å². The Hall–Kier alpha value is -4.27. The lowest BCUT2D eigenvalue weighted by atomic mass is 9.96. The normalized spacial score (nSPS) is 11.5. The van der Waals surface area contributed by atoms with E-state index in [9.17, 15) is 13.2 Å².